The Kier molecular flexibility index (Phi) is 5.65. The molecule has 0 saturated carbocycles. The van der Waals surface area contributed by atoms with Crippen LogP contribution in [0.3, 0.4) is 0 Å². The predicted molar refractivity (Wildman–Crippen MR) is 73.8 cm³/mol. The number of nitrogens with zero attached hydrogens (tertiary/aromatic N) is 1. The molecule has 0 spiro atoms. The van der Waals surface area contributed by atoms with E-state index >= 15 is 0 Å². The minimum absolute atomic E-state index is 0.324. The largest absolute Gasteiger partial charge is 0.384 e. The molecule has 2 N–H and O–H groups in total. The van der Waals surface area contributed by atoms with Crippen LogP contribution in [0.25, 0.3) is 0 Å². The highest BCUT2D eigenvalue weighted by Gasteiger charge is 2.09. The fourth-order valence-corrected chi connectivity index (χ4v) is 1.76. The van der Waals surface area contributed by atoms with Gasteiger partial charge in [-0.05, 0) is 38.5 Å². The summed E-state index contributed by atoms with van der Waals surface area (Å²) in [6.07, 6.45) is -0.945. The Morgan fingerprint density at radius 2 is 2.22 bits per heavy atom. The summed E-state index contributed by atoms with van der Waals surface area (Å²) in [6.45, 7) is 7.76. The van der Waals surface area contributed by atoms with Crippen LogP contribution in [0.1, 0.15) is 19.4 Å². The van der Waals surface area contributed by atoms with Gasteiger partial charge in [0.2, 0.25) is 5.91 Å². The number of likely N-dealkylation sites (N-methyl/N-ethyl adjacent to an activating group) is 1. The van der Waals surface area contributed by atoms with Gasteiger partial charge in [-0.1, -0.05) is 12.1 Å². The lowest BCUT2D eigenvalue weighted by molar-refractivity contribution is -0.128. The average Bonchev–Trinajstić information content (AvgIpc) is 2.34. The molecule has 0 saturated heterocycles. The van der Waals surface area contributed by atoms with E-state index in [0.29, 0.717) is 6.54 Å². The van der Waals surface area contributed by atoms with Gasteiger partial charge in [0.1, 0.15) is 6.10 Å². The van der Waals surface area contributed by atoms with Gasteiger partial charge in [0.15, 0.2) is 0 Å². The van der Waals surface area contributed by atoms with Gasteiger partial charge in [-0.15, -0.1) is 0 Å². The first-order valence-electron chi connectivity index (χ1n) is 6.32. The maximum Gasteiger partial charge on any atom is 0.248 e. The molecule has 4 heteroatoms. The van der Waals surface area contributed by atoms with Crippen molar-refractivity contribution >= 4 is 11.6 Å². The van der Waals surface area contributed by atoms with Crippen LogP contribution in [0.2, 0.25) is 0 Å². The van der Waals surface area contributed by atoms with Gasteiger partial charge in [0.25, 0.3) is 0 Å². The van der Waals surface area contributed by atoms with Crippen LogP contribution in [-0.4, -0.2) is 36.8 Å². The number of rotatable bonds is 6. The number of hydrogen-bond acceptors (Lipinski definition) is 3. The van der Waals surface area contributed by atoms with E-state index in [0.717, 1.165) is 18.8 Å². The number of aryl methyl sites for hydroxylation is 1. The second kappa shape index (κ2) is 7.01. The Morgan fingerprint density at radius 3 is 2.78 bits per heavy atom. The second-order valence-electron chi connectivity index (χ2n) is 4.39. The third-order valence-corrected chi connectivity index (χ3v) is 2.81. The summed E-state index contributed by atoms with van der Waals surface area (Å²) in [5.74, 6) is -0.324. The maximum absolute atomic E-state index is 11.2. The van der Waals surface area contributed by atoms with E-state index in [1.165, 1.54) is 12.5 Å². The summed E-state index contributed by atoms with van der Waals surface area (Å²) in [6, 6.07) is 8.28. The number of aliphatic hydroxyl groups excluding tert-OH is 1. The van der Waals surface area contributed by atoms with Gasteiger partial charge in [0.05, 0.1) is 0 Å². The van der Waals surface area contributed by atoms with Crippen molar-refractivity contribution in [3.05, 3.63) is 29.8 Å². The second-order valence-corrected chi connectivity index (χ2v) is 4.39. The molecule has 1 aromatic carbocycles. The lowest BCUT2D eigenvalue weighted by atomic mass is 10.2. The van der Waals surface area contributed by atoms with Crippen molar-refractivity contribution in [1.29, 1.82) is 0 Å². The summed E-state index contributed by atoms with van der Waals surface area (Å²) in [4.78, 5) is 13.4. The number of amides is 1. The first-order chi connectivity index (χ1) is 8.54. The number of benzene rings is 1. The first-order valence-corrected chi connectivity index (χ1v) is 6.32. The van der Waals surface area contributed by atoms with E-state index in [4.69, 9.17) is 5.11 Å². The van der Waals surface area contributed by atoms with Crippen LogP contribution in [0, 0.1) is 6.92 Å². The summed E-state index contributed by atoms with van der Waals surface area (Å²) in [5.41, 5.74) is 2.38. The Hall–Kier alpha value is -1.55. The zero-order chi connectivity index (χ0) is 13.5. The van der Waals surface area contributed by atoms with Gasteiger partial charge >= 0.3 is 0 Å². The van der Waals surface area contributed by atoms with Crippen LogP contribution in [0.5, 0.6) is 0 Å². The van der Waals surface area contributed by atoms with Crippen molar-refractivity contribution in [2.75, 3.05) is 24.5 Å². The molecule has 100 valence electrons. The molecule has 1 aromatic rings. The summed E-state index contributed by atoms with van der Waals surface area (Å²) in [7, 11) is 0. The van der Waals surface area contributed by atoms with Crippen molar-refractivity contribution in [1.82, 2.24) is 5.32 Å². The molecule has 0 aliphatic carbocycles. The third-order valence-electron chi connectivity index (χ3n) is 2.81. The van der Waals surface area contributed by atoms with Gasteiger partial charge in [-0.2, -0.15) is 0 Å². The van der Waals surface area contributed by atoms with E-state index in [1.54, 1.807) is 0 Å². The molecule has 1 unspecified atom stereocenters. The monoisotopic (exact) mass is 250 g/mol. The minimum atomic E-state index is -0.945. The maximum atomic E-state index is 11.2. The highest BCUT2D eigenvalue weighted by atomic mass is 16.3. The topological polar surface area (TPSA) is 52.6 Å². The molecule has 4 nitrogen and oxygen atoms in total. The van der Waals surface area contributed by atoms with Gasteiger partial charge in [-0.3, -0.25) is 4.79 Å². The average molecular weight is 250 g/mol. The highest BCUT2D eigenvalue weighted by Crippen LogP contribution is 2.14. The summed E-state index contributed by atoms with van der Waals surface area (Å²) < 4.78 is 0. The number of nitrogens with one attached hydrogen (secondary N) is 1. The van der Waals surface area contributed by atoms with Crippen molar-refractivity contribution < 1.29 is 9.90 Å². The number of carbonyl (C=O) groups is 1. The Morgan fingerprint density at radius 1 is 1.50 bits per heavy atom. The molecule has 0 aliphatic heterocycles. The molecule has 0 fully saturated rings. The van der Waals surface area contributed by atoms with Crippen molar-refractivity contribution in [2.45, 2.75) is 26.9 Å². The van der Waals surface area contributed by atoms with Gasteiger partial charge < -0.3 is 15.3 Å². The number of aliphatic hydroxyl groups is 1. The molecule has 0 bridgehead atoms. The van der Waals surface area contributed by atoms with Gasteiger partial charge in [0, 0.05) is 25.3 Å². The SMILES string of the molecule is CCN(CCNC(=O)C(C)O)c1cccc(C)c1. The van der Waals surface area contributed by atoms with Crippen LogP contribution in [-0.2, 0) is 4.79 Å². The zero-order valence-corrected chi connectivity index (χ0v) is 11.3. The van der Waals surface area contributed by atoms with E-state index < -0.39 is 6.10 Å². The first kappa shape index (κ1) is 14.5. The fraction of sp³-hybridized carbons (Fsp3) is 0.500. The van der Waals surface area contributed by atoms with Crippen molar-refractivity contribution in [3.63, 3.8) is 0 Å². The summed E-state index contributed by atoms with van der Waals surface area (Å²) in [5, 5.41) is 11.8. The number of hydrogen-bond donors (Lipinski definition) is 2. The molecular formula is C14H22N2O2. The predicted octanol–water partition coefficient (Wildman–Crippen LogP) is 1.32. The van der Waals surface area contributed by atoms with Crippen LogP contribution in [0.15, 0.2) is 24.3 Å². The third kappa shape index (κ3) is 4.37. The molecular weight excluding hydrogens is 228 g/mol. The van der Waals surface area contributed by atoms with Gasteiger partial charge in [-0.25, -0.2) is 0 Å². The molecule has 1 amide bonds. The highest BCUT2D eigenvalue weighted by molar-refractivity contribution is 5.79. The normalized spacial score (nSPS) is 12.0. The molecule has 0 radical (unpaired) electrons. The molecule has 0 heterocycles. The lowest BCUT2D eigenvalue weighted by Crippen LogP contribution is -2.38. The Balaban J connectivity index is 2.50. The lowest BCUT2D eigenvalue weighted by Gasteiger charge is -2.23. The van der Waals surface area contributed by atoms with E-state index in [9.17, 15) is 4.79 Å². The zero-order valence-electron chi connectivity index (χ0n) is 11.3. The Labute approximate surface area is 109 Å². The molecule has 1 atom stereocenters. The smallest absolute Gasteiger partial charge is 0.248 e. The van der Waals surface area contributed by atoms with Crippen molar-refractivity contribution in [3.8, 4) is 0 Å². The Bertz CT molecular complexity index is 391. The van der Waals surface area contributed by atoms with Crippen molar-refractivity contribution in [2.24, 2.45) is 0 Å². The van der Waals surface area contributed by atoms with E-state index in [1.807, 2.05) is 6.07 Å². The number of carbonyl (C=O) groups excluding carboxylic acids is 1. The molecule has 0 aliphatic rings. The minimum Gasteiger partial charge on any atom is -0.384 e. The summed E-state index contributed by atoms with van der Waals surface area (Å²) >= 11 is 0. The molecule has 18 heavy (non-hydrogen) atoms. The quantitative estimate of drug-likeness (QED) is 0.800. The van der Waals surface area contributed by atoms with E-state index in [-0.39, 0.29) is 5.91 Å². The fourth-order valence-electron chi connectivity index (χ4n) is 1.76. The molecule has 1 rings (SSSR count). The van der Waals surface area contributed by atoms with Crippen LogP contribution < -0.4 is 10.2 Å². The number of anilines is 1. The van der Waals surface area contributed by atoms with E-state index in [2.05, 4.69) is 42.3 Å². The standard InChI is InChI=1S/C14H22N2O2/c1-4-16(9-8-15-14(18)12(3)17)13-7-5-6-11(2)10-13/h5-7,10,12,17H,4,8-9H2,1-3H3,(H,15,18). The van der Waals surface area contributed by atoms with Crippen LogP contribution in [0.4, 0.5) is 5.69 Å². The van der Waals surface area contributed by atoms with Crippen LogP contribution >= 0.6 is 0 Å². The molecule has 0 aromatic heterocycles.